The van der Waals surface area contributed by atoms with Gasteiger partial charge in [0.1, 0.15) is 0 Å². The van der Waals surface area contributed by atoms with Gasteiger partial charge in [0.25, 0.3) is 0 Å². The number of rotatable bonds is 3. The van der Waals surface area contributed by atoms with Crippen molar-refractivity contribution in [3.05, 3.63) is 74.4 Å². The van der Waals surface area contributed by atoms with Crippen LogP contribution < -0.4 is 16.0 Å². The van der Waals surface area contributed by atoms with Gasteiger partial charge in [-0.2, -0.15) is 4.31 Å². The molecule has 2 aromatic heterocycles. The molecule has 0 spiro atoms. The number of aromatic nitrogens is 3. The second kappa shape index (κ2) is 8.23. The number of hydrogen-bond acceptors (Lipinski definition) is 6. The molecule has 1 aliphatic rings. The molecule has 1 aliphatic heterocycles. The molecule has 0 N–H and O–H groups in total. The van der Waals surface area contributed by atoms with Crippen LogP contribution in [0, 0.1) is 0 Å². The van der Waals surface area contributed by atoms with E-state index in [1.54, 1.807) is 12.3 Å². The molecule has 5 rings (SSSR count). The van der Waals surface area contributed by atoms with Crippen LogP contribution in [0.1, 0.15) is 0 Å². The topological polar surface area (TPSA) is 97.5 Å². The number of pyridine rings is 1. The summed E-state index contributed by atoms with van der Waals surface area (Å²) in [6, 6.07) is 12.0. The van der Waals surface area contributed by atoms with Crippen molar-refractivity contribution in [3.8, 4) is 0 Å². The Morgan fingerprint density at radius 2 is 1.53 bits per heavy atom. The lowest BCUT2D eigenvalue weighted by atomic mass is 10.1. The number of halogens is 1. The van der Waals surface area contributed by atoms with Crippen molar-refractivity contribution in [3.63, 3.8) is 0 Å². The molecule has 11 heteroatoms. The molecule has 0 atom stereocenters. The number of fused-ring (bicyclic) bond motifs is 2. The van der Waals surface area contributed by atoms with Crippen LogP contribution in [0.3, 0.4) is 0 Å². The molecule has 4 aromatic rings. The summed E-state index contributed by atoms with van der Waals surface area (Å²) in [6.07, 6.45) is 1.73. The zero-order chi connectivity index (χ0) is 24.2. The molecular weight excluding hydrogens is 478 g/mol. The highest BCUT2D eigenvalue weighted by molar-refractivity contribution is 7.89. The SMILES string of the molecule is Cn1c(=O)c(=O)n(C)c2cc(S(=O)(=O)N3CCN(c4ccnc5cc(Cl)ccc45)CC3)ccc21. The molecule has 1 saturated heterocycles. The highest BCUT2D eigenvalue weighted by atomic mass is 35.5. The van der Waals surface area contributed by atoms with Gasteiger partial charge in [0.05, 0.1) is 21.4 Å². The molecular formula is C23H22ClN5O4S. The molecule has 176 valence electrons. The van der Waals surface area contributed by atoms with E-state index in [0.717, 1.165) is 16.6 Å². The van der Waals surface area contributed by atoms with Crippen molar-refractivity contribution in [1.29, 1.82) is 0 Å². The van der Waals surface area contributed by atoms with Crippen molar-refractivity contribution in [1.82, 2.24) is 18.4 Å². The van der Waals surface area contributed by atoms with Crippen molar-refractivity contribution in [2.24, 2.45) is 14.1 Å². The molecule has 9 nitrogen and oxygen atoms in total. The minimum absolute atomic E-state index is 0.0890. The lowest BCUT2D eigenvalue weighted by Crippen LogP contribution is -2.48. The summed E-state index contributed by atoms with van der Waals surface area (Å²) in [4.78, 5) is 30.9. The molecule has 34 heavy (non-hydrogen) atoms. The van der Waals surface area contributed by atoms with Crippen molar-refractivity contribution in [2.75, 3.05) is 31.1 Å². The molecule has 0 bridgehead atoms. The van der Waals surface area contributed by atoms with Gasteiger partial charge < -0.3 is 14.0 Å². The van der Waals surface area contributed by atoms with Crippen LogP contribution >= 0.6 is 11.6 Å². The van der Waals surface area contributed by atoms with Gasteiger partial charge in [0.15, 0.2) is 0 Å². The minimum Gasteiger partial charge on any atom is -0.368 e. The number of anilines is 1. The minimum atomic E-state index is -3.79. The fourth-order valence-corrected chi connectivity index (χ4v) is 6.03. The first-order valence-corrected chi connectivity index (χ1v) is 12.5. The molecule has 0 saturated carbocycles. The van der Waals surface area contributed by atoms with Gasteiger partial charge in [-0.15, -0.1) is 0 Å². The van der Waals surface area contributed by atoms with E-state index in [-0.39, 0.29) is 4.90 Å². The van der Waals surface area contributed by atoms with Crippen LogP contribution in [0.2, 0.25) is 5.02 Å². The van der Waals surface area contributed by atoms with E-state index in [2.05, 4.69) is 9.88 Å². The second-order valence-electron chi connectivity index (χ2n) is 8.26. The molecule has 0 aliphatic carbocycles. The third kappa shape index (κ3) is 3.58. The van der Waals surface area contributed by atoms with Crippen LogP contribution in [0.5, 0.6) is 0 Å². The van der Waals surface area contributed by atoms with Crippen LogP contribution in [0.15, 0.2) is 63.1 Å². The number of aryl methyl sites for hydroxylation is 2. The quantitative estimate of drug-likeness (QED) is 0.400. The van der Waals surface area contributed by atoms with Gasteiger partial charge in [0.2, 0.25) is 10.0 Å². The lowest BCUT2D eigenvalue weighted by Gasteiger charge is -2.35. The number of nitrogens with zero attached hydrogens (tertiary/aromatic N) is 5. The normalized spacial score (nSPS) is 15.3. The predicted molar refractivity (Wildman–Crippen MR) is 132 cm³/mol. The Kier molecular flexibility index (Phi) is 5.46. The second-order valence-corrected chi connectivity index (χ2v) is 10.6. The summed E-state index contributed by atoms with van der Waals surface area (Å²) < 4.78 is 30.7. The Morgan fingerprint density at radius 1 is 0.853 bits per heavy atom. The Bertz CT molecular complexity index is 1670. The van der Waals surface area contributed by atoms with E-state index < -0.39 is 21.1 Å². The maximum Gasteiger partial charge on any atom is 0.316 e. The molecule has 1 fully saturated rings. The summed E-state index contributed by atoms with van der Waals surface area (Å²) in [5, 5.41) is 1.57. The van der Waals surface area contributed by atoms with Crippen LogP contribution in [-0.4, -0.2) is 53.0 Å². The smallest absolute Gasteiger partial charge is 0.316 e. The number of piperazine rings is 1. The van der Waals surface area contributed by atoms with E-state index in [9.17, 15) is 18.0 Å². The van der Waals surface area contributed by atoms with Gasteiger partial charge >= 0.3 is 11.1 Å². The highest BCUT2D eigenvalue weighted by Gasteiger charge is 2.29. The van der Waals surface area contributed by atoms with Gasteiger partial charge in [-0.1, -0.05) is 11.6 Å². The standard InChI is InChI=1S/C23H22ClN5O4S/c1-26-20-6-4-16(14-21(20)27(2)23(31)22(26)30)34(32,33)29-11-9-28(10-12-29)19-7-8-25-18-13-15(24)3-5-17(18)19/h3-8,13-14H,9-12H2,1-2H3. The zero-order valence-corrected chi connectivity index (χ0v) is 20.2. The van der Waals surface area contributed by atoms with Gasteiger partial charge in [0, 0.05) is 62.6 Å². The predicted octanol–water partition coefficient (Wildman–Crippen LogP) is 1.95. The first kappa shape index (κ1) is 22.6. The average Bonchev–Trinajstić information content (AvgIpc) is 2.85. The fraction of sp³-hybridized carbons (Fsp3) is 0.261. The summed E-state index contributed by atoms with van der Waals surface area (Å²) >= 11 is 6.09. The van der Waals surface area contributed by atoms with Crippen molar-refractivity contribution >= 4 is 49.2 Å². The van der Waals surface area contributed by atoms with E-state index in [0.29, 0.717) is 42.2 Å². The Balaban J connectivity index is 1.44. The van der Waals surface area contributed by atoms with Gasteiger partial charge in [-0.3, -0.25) is 14.6 Å². The Hall–Kier alpha value is -3.21. The maximum atomic E-state index is 13.4. The van der Waals surface area contributed by atoms with Crippen molar-refractivity contribution < 1.29 is 8.42 Å². The number of sulfonamides is 1. The molecule has 0 amide bonds. The first-order valence-electron chi connectivity index (χ1n) is 10.7. The summed E-state index contributed by atoms with van der Waals surface area (Å²) in [7, 11) is -0.824. The summed E-state index contributed by atoms with van der Waals surface area (Å²) in [6.45, 7) is 1.65. The zero-order valence-electron chi connectivity index (χ0n) is 18.6. The van der Waals surface area contributed by atoms with E-state index in [1.807, 2.05) is 24.3 Å². The lowest BCUT2D eigenvalue weighted by molar-refractivity contribution is 0.385. The third-order valence-corrected chi connectivity index (χ3v) is 8.49. The first-order chi connectivity index (χ1) is 16.2. The summed E-state index contributed by atoms with van der Waals surface area (Å²) in [5.74, 6) is 0. The highest BCUT2D eigenvalue weighted by Crippen LogP contribution is 2.29. The Labute approximate surface area is 200 Å². The number of benzene rings is 2. The average molecular weight is 500 g/mol. The number of hydrogen-bond donors (Lipinski definition) is 0. The largest absolute Gasteiger partial charge is 0.368 e. The van der Waals surface area contributed by atoms with E-state index in [1.165, 1.54) is 39.7 Å². The van der Waals surface area contributed by atoms with Crippen LogP contribution in [0.4, 0.5) is 5.69 Å². The maximum absolute atomic E-state index is 13.4. The van der Waals surface area contributed by atoms with E-state index >= 15 is 0 Å². The van der Waals surface area contributed by atoms with Crippen molar-refractivity contribution in [2.45, 2.75) is 4.90 Å². The van der Waals surface area contributed by atoms with E-state index in [4.69, 9.17) is 11.6 Å². The van der Waals surface area contributed by atoms with Crippen LogP contribution in [-0.2, 0) is 24.1 Å². The Morgan fingerprint density at radius 3 is 2.24 bits per heavy atom. The molecule has 0 radical (unpaired) electrons. The van der Waals surface area contributed by atoms with Crippen LogP contribution in [0.25, 0.3) is 21.9 Å². The summed E-state index contributed by atoms with van der Waals surface area (Å²) in [5.41, 5.74) is 1.28. The molecule has 0 unspecified atom stereocenters. The molecule has 3 heterocycles. The van der Waals surface area contributed by atoms with Gasteiger partial charge in [-0.25, -0.2) is 8.42 Å². The third-order valence-electron chi connectivity index (χ3n) is 6.36. The molecule has 2 aromatic carbocycles. The monoisotopic (exact) mass is 499 g/mol. The van der Waals surface area contributed by atoms with Gasteiger partial charge in [-0.05, 0) is 42.5 Å². The fourth-order valence-electron chi connectivity index (χ4n) is 4.42.